The predicted octanol–water partition coefficient (Wildman–Crippen LogP) is 3.84. The number of halogens is 1. The molecule has 2 aromatic carbocycles. The van der Waals surface area contributed by atoms with Crippen LogP contribution < -0.4 is 10.3 Å². The lowest BCUT2D eigenvalue weighted by Crippen LogP contribution is -2.35. The molecule has 0 saturated heterocycles. The summed E-state index contributed by atoms with van der Waals surface area (Å²) in [5.74, 6) is 0.105. The Morgan fingerprint density at radius 2 is 1.67 bits per heavy atom. The highest BCUT2D eigenvalue weighted by Gasteiger charge is 2.23. The Morgan fingerprint density at radius 3 is 2.38 bits per heavy atom. The maximum atomic E-state index is 12.8. The van der Waals surface area contributed by atoms with E-state index in [4.69, 9.17) is 5.73 Å². The zero-order valence-corrected chi connectivity index (χ0v) is 14.1. The molecule has 4 rings (SSSR count). The molecule has 120 valence electrons. The summed E-state index contributed by atoms with van der Waals surface area (Å²) in [6.07, 6.45) is 7.26. The van der Waals surface area contributed by atoms with Crippen molar-refractivity contribution in [1.82, 2.24) is 0 Å². The maximum Gasteiger partial charge on any atom is 0.196 e. The van der Waals surface area contributed by atoms with Gasteiger partial charge in [-0.2, -0.15) is 0 Å². The molecule has 2 N–H and O–H groups in total. The number of anilines is 1. The summed E-state index contributed by atoms with van der Waals surface area (Å²) in [4.78, 5) is 12.8. The monoisotopic (exact) mass is 337 g/mol. The van der Waals surface area contributed by atoms with Crippen LogP contribution in [0.15, 0.2) is 66.5 Å². The van der Waals surface area contributed by atoms with Crippen LogP contribution in [0.3, 0.4) is 0 Å². The molecule has 0 amide bonds. The van der Waals surface area contributed by atoms with Gasteiger partial charge in [-0.15, -0.1) is 11.6 Å². The minimum atomic E-state index is 0.105. The molecular formula is C20H18ClN2O+. The van der Waals surface area contributed by atoms with Gasteiger partial charge in [0.1, 0.15) is 0 Å². The third kappa shape index (κ3) is 2.91. The van der Waals surface area contributed by atoms with E-state index in [1.54, 1.807) is 0 Å². The van der Waals surface area contributed by atoms with Crippen LogP contribution in [0, 0.1) is 0 Å². The normalized spacial score (nSPS) is 12.4. The largest absolute Gasteiger partial charge is 0.398 e. The summed E-state index contributed by atoms with van der Waals surface area (Å²) in [5.41, 5.74) is 9.12. The molecule has 1 heterocycles. The third-order valence-electron chi connectivity index (χ3n) is 4.07. The molecule has 1 aliphatic carbocycles. The average molecular weight is 338 g/mol. The fourth-order valence-electron chi connectivity index (χ4n) is 2.99. The van der Waals surface area contributed by atoms with Gasteiger partial charge in [-0.3, -0.25) is 4.79 Å². The number of alkyl halides is 1. The van der Waals surface area contributed by atoms with Gasteiger partial charge < -0.3 is 5.73 Å². The zero-order chi connectivity index (χ0) is 17.1. The van der Waals surface area contributed by atoms with Crippen molar-refractivity contribution in [3.8, 4) is 0 Å². The Balaban J connectivity index is 0.000000815. The first-order valence-electron chi connectivity index (χ1n) is 7.62. The molecule has 24 heavy (non-hydrogen) atoms. The van der Waals surface area contributed by atoms with E-state index in [1.165, 1.54) is 6.38 Å². The number of benzene rings is 2. The molecule has 0 atom stereocenters. The molecule has 0 radical (unpaired) electrons. The first-order valence-corrected chi connectivity index (χ1v) is 8.37. The minimum absolute atomic E-state index is 0.105. The van der Waals surface area contributed by atoms with Gasteiger partial charge in [0.05, 0.1) is 5.57 Å². The SMILES string of the molecule is CCl.Nc1cc[n+](CC2=Cc3cccc4cccc(c34)C2=O)cc1. The van der Waals surface area contributed by atoms with E-state index in [0.29, 0.717) is 6.54 Å². The lowest BCUT2D eigenvalue weighted by molar-refractivity contribution is -0.688. The number of hydrogen-bond donors (Lipinski definition) is 1. The van der Waals surface area contributed by atoms with Crippen LogP contribution in [-0.4, -0.2) is 12.2 Å². The molecule has 1 aliphatic rings. The lowest BCUT2D eigenvalue weighted by Gasteiger charge is -2.15. The molecule has 0 aliphatic heterocycles. The van der Waals surface area contributed by atoms with Crippen LogP contribution in [0.25, 0.3) is 16.8 Å². The molecule has 0 fully saturated rings. The Bertz CT molecular complexity index is 925. The van der Waals surface area contributed by atoms with Crippen LogP contribution in [0.4, 0.5) is 5.69 Å². The molecule has 4 heteroatoms. The quantitative estimate of drug-likeness (QED) is 0.570. The van der Waals surface area contributed by atoms with Gasteiger partial charge in [0, 0.05) is 35.2 Å². The van der Waals surface area contributed by atoms with Crippen LogP contribution in [0.1, 0.15) is 15.9 Å². The van der Waals surface area contributed by atoms with Crippen LogP contribution in [0.5, 0.6) is 0 Å². The second-order valence-electron chi connectivity index (χ2n) is 5.55. The molecular weight excluding hydrogens is 320 g/mol. The highest BCUT2D eigenvalue weighted by Crippen LogP contribution is 2.31. The number of aromatic nitrogens is 1. The Kier molecular flexibility index (Phi) is 4.63. The van der Waals surface area contributed by atoms with Gasteiger partial charge in [0.2, 0.25) is 0 Å². The topological polar surface area (TPSA) is 47.0 Å². The number of hydrogen-bond acceptors (Lipinski definition) is 2. The lowest BCUT2D eigenvalue weighted by atomic mass is 9.88. The van der Waals surface area contributed by atoms with Crippen LogP contribution >= 0.6 is 11.6 Å². The Labute approximate surface area is 146 Å². The first kappa shape index (κ1) is 16.2. The molecule has 0 unspecified atom stereocenters. The summed E-state index contributed by atoms with van der Waals surface area (Å²) in [7, 11) is 0. The number of nitrogen functional groups attached to an aromatic ring is 1. The fourth-order valence-corrected chi connectivity index (χ4v) is 2.99. The van der Waals surface area contributed by atoms with Crippen molar-refractivity contribution in [2.24, 2.45) is 0 Å². The summed E-state index contributed by atoms with van der Waals surface area (Å²) < 4.78 is 1.97. The predicted molar refractivity (Wildman–Crippen MR) is 99.1 cm³/mol. The van der Waals surface area contributed by atoms with Crippen molar-refractivity contribution in [3.63, 3.8) is 0 Å². The van der Waals surface area contributed by atoms with Gasteiger partial charge in [-0.25, -0.2) is 4.57 Å². The van der Waals surface area contributed by atoms with Crippen LogP contribution in [-0.2, 0) is 6.54 Å². The Hall–Kier alpha value is -2.65. The summed E-state index contributed by atoms with van der Waals surface area (Å²) in [6, 6.07) is 15.7. The van der Waals surface area contributed by atoms with Gasteiger partial charge in [0.25, 0.3) is 0 Å². The molecule has 3 nitrogen and oxygen atoms in total. The van der Waals surface area contributed by atoms with E-state index in [0.717, 1.165) is 33.2 Å². The summed E-state index contributed by atoms with van der Waals surface area (Å²) in [5, 5.41) is 2.17. The highest BCUT2D eigenvalue weighted by molar-refractivity contribution is 6.22. The maximum absolute atomic E-state index is 12.8. The van der Waals surface area contributed by atoms with Crippen molar-refractivity contribution in [3.05, 3.63) is 77.6 Å². The van der Waals surface area contributed by atoms with E-state index < -0.39 is 0 Å². The number of pyridine rings is 1. The number of carbonyl (C=O) groups is 1. The van der Waals surface area contributed by atoms with Crippen molar-refractivity contribution in [1.29, 1.82) is 0 Å². The van der Waals surface area contributed by atoms with Gasteiger partial charge in [0.15, 0.2) is 24.7 Å². The van der Waals surface area contributed by atoms with Gasteiger partial charge >= 0.3 is 0 Å². The van der Waals surface area contributed by atoms with E-state index in [2.05, 4.69) is 17.7 Å². The smallest absolute Gasteiger partial charge is 0.196 e. The summed E-state index contributed by atoms with van der Waals surface area (Å²) in [6.45, 7) is 0.545. The van der Waals surface area contributed by atoms with Crippen molar-refractivity contribution in [2.45, 2.75) is 6.54 Å². The minimum Gasteiger partial charge on any atom is -0.398 e. The first-order chi connectivity index (χ1) is 11.7. The second-order valence-corrected chi connectivity index (χ2v) is 5.55. The number of carbonyl (C=O) groups excluding carboxylic acids is 1. The summed E-state index contributed by atoms with van der Waals surface area (Å²) >= 11 is 4.64. The molecule has 0 bridgehead atoms. The number of allylic oxidation sites excluding steroid dienone is 1. The van der Waals surface area contributed by atoms with E-state index in [1.807, 2.05) is 65.5 Å². The standard InChI is InChI=1S/C19H14N2O.CH3Cl/c20-16-7-9-21(10-8-16)12-15-11-14-5-1-3-13-4-2-6-17(18(13)14)19(15)22;1-2/h1-11,20H,12H2;1H3/p+1. The number of nitrogens with two attached hydrogens (primary N) is 1. The van der Waals surface area contributed by atoms with E-state index in [-0.39, 0.29) is 5.78 Å². The van der Waals surface area contributed by atoms with Crippen molar-refractivity contribution < 1.29 is 9.36 Å². The number of nitrogens with zero attached hydrogens (tertiary/aromatic N) is 1. The van der Waals surface area contributed by atoms with E-state index in [9.17, 15) is 4.79 Å². The highest BCUT2D eigenvalue weighted by atomic mass is 35.5. The fraction of sp³-hybridized carbons (Fsp3) is 0.100. The number of rotatable bonds is 2. The van der Waals surface area contributed by atoms with E-state index >= 15 is 0 Å². The van der Waals surface area contributed by atoms with Crippen molar-refractivity contribution >= 4 is 39.9 Å². The van der Waals surface area contributed by atoms with Crippen LogP contribution in [0.2, 0.25) is 0 Å². The average Bonchev–Trinajstić information content (AvgIpc) is 2.63. The molecule has 0 saturated carbocycles. The number of Topliss-reactive ketones (excluding diaryl/α,β-unsaturated/α-hetero) is 1. The molecule has 1 aromatic heterocycles. The second kappa shape index (κ2) is 6.85. The third-order valence-corrected chi connectivity index (χ3v) is 4.07. The van der Waals surface area contributed by atoms with Gasteiger partial charge in [-0.05, 0) is 17.0 Å². The zero-order valence-electron chi connectivity index (χ0n) is 13.4. The molecule has 0 spiro atoms. The Morgan fingerprint density at radius 1 is 1.00 bits per heavy atom. The molecule has 3 aromatic rings. The number of ketones is 1. The van der Waals surface area contributed by atoms with Gasteiger partial charge in [-0.1, -0.05) is 36.4 Å². The van der Waals surface area contributed by atoms with Crippen molar-refractivity contribution in [2.75, 3.05) is 12.1 Å².